The summed E-state index contributed by atoms with van der Waals surface area (Å²) in [6.07, 6.45) is -3.19. The van der Waals surface area contributed by atoms with Gasteiger partial charge in [-0.15, -0.1) is 0 Å². The zero-order valence-electron chi connectivity index (χ0n) is 9.44. The van der Waals surface area contributed by atoms with E-state index in [1.165, 1.54) is 25.1 Å². The second-order valence-electron chi connectivity index (χ2n) is 3.35. The van der Waals surface area contributed by atoms with E-state index in [2.05, 4.69) is 0 Å². The second kappa shape index (κ2) is 5.47. The lowest BCUT2D eigenvalue weighted by Crippen LogP contribution is -2.13. The average molecular weight is 245 g/mol. The fourth-order valence-electron chi connectivity index (χ4n) is 1.20. The van der Waals surface area contributed by atoms with E-state index in [0.717, 1.165) is 6.92 Å². The van der Waals surface area contributed by atoms with Gasteiger partial charge in [0.25, 0.3) is 0 Å². The molecule has 1 amide bonds. The van der Waals surface area contributed by atoms with E-state index >= 15 is 0 Å². The first-order valence-electron chi connectivity index (χ1n) is 4.95. The lowest BCUT2D eigenvalue weighted by molar-refractivity contribution is 0.0581. The van der Waals surface area contributed by atoms with Crippen LogP contribution in [0.15, 0.2) is 18.2 Å². The van der Waals surface area contributed by atoms with Crippen molar-refractivity contribution in [3.05, 3.63) is 23.8 Å². The van der Waals surface area contributed by atoms with Crippen molar-refractivity contribution in [1.82, 2.24) is 0 Å². The highest BCUT2D eigenvalue weighted by molar-refractivity contribution is 5.93. The third kappa shape index (κ3) is 3.90. The molecule has 0 fully saturated rings. The van der Waals surface area contributed by atoms with Crippen LogP contribution >= 0.6 is 0 Å². The summed E-state index contributed by atoms with van der Waals surface area (Å²) in [4.78, 5) is 10.9. The van der Waals surface area contributed by atoms with Gasteiger partial charge in [-0.05, 0) is 18.2 Å². The summed E-state index contributed by atoms with van der Waals surface area (Å²) < 4.78 is 35.0. The Morgan fingerprint density at radius 1 is 1.18 bits per heavy atom. The van der Waals surface area contributed by atoms with E-state index in [-0.39, 0.29) is 17.1 Å². The number of nitrogens with two attached hydrogens (primary N) is 1. The van der Waals surface area contributed by atoms with Crippen LogP contribution in [0, 0.1) is 0 Å². The standard InChI is InChI=1S/C11H13F2NO3/c1-6(12)16-9-4-3-8(11(14)15)5-10(9)17-7(2)13/h3-7H,1-2H3,(H2,14,15). The second-order valence-corrected chi connectivity index (χ2v) is 3.35. The quantitative estimate of drug-likeness (QED) is 0.864. The Hall–Kier alpha value is -1.85. The zero-order chi connectivity index (χ0) is 13.0. The molecule has 0 radical (unpaired) electrons. The number of amides is 1. The number of halogens is 2. The zero-order valence-corrected chi connectivity index (χ0v) is 9.44. The normalized spacial score (nSPS) is 13.9. The fraction of sp³-hybridized carbons (Fsp3) is 0.364. The van der Waals surface area contributed by atoms with Gasteiger partial charge in [0.1, 0.15) is 0 Å². The molecule has 1 aromatic carbocycles. The Balaban J connectivity index is 3.07. The molecule has 6 heteroatoms. The third-order valence-electron chi connectivity index (χ3n) is 1.81. The fourth-order valence-corrected chi connectivity index (χ4v) is 1.20. The van der Waals surface area contributed by atoms with Crippen molar-refractivity contribution >= 4 is 5.91 Å². The number of alkyl halides is 2. The summed E-state index contributed by atoms with van der Waals surface area (Å²) in [5.41, 5.74) is 5.19. The highest BCUT2D eigenvalue weighted by Crippen LogP contribution is 2.30. The predicted molar refractivity (Wildman–Crippen MR) is 57.4 cm³/mol. The molecule has 0 aliphatic heterocycles. The summed E-state index contributed by atoms with van der Waals surface area (Å²) >= 11 is 0. The molecule has 94 valence electrons. The van der Waals surface area contributed by atoms with E-state index in [4.69, 9.17) is 15.2 Å². The van der Waals surface area contributed by atoms with Crippen LogP contribution in [0.3, 0.4) is 0 Å². The van der Waals surface area contributed by atoms with Crippen LogP contribution in [-0.4, -0.2) is 18.6 Å². The molecular formula is C11H13F2NO3. The Bertz CT molecular complexity index is 408. The minimum Gasteiger partial charge on any atom is -0.457 e. The Labute approximate surface area is 97.3 Å². The van der Waals surface area contributed by atoms with Gasteiger partial charge in [-0.1, -0.05) is 0 Å². The number of benzene rings is 1. The van der Waals surface area contributed by atoms with Crippen LogP contribution in [0.25, 0.3) is 0 Å². The Morgan fingerprint density at radius 2 is 1.71 bits per heavy atom. The van der Waals surface area contributed by atoms with Crippen molar-refractivity contribution in [2.45, 2.75) is 26.6 Å². The monoisotopic (exact) mass is 245 g/mol. The maximum atomic E-state index is 12.7. The Kier molecular flexibility index (Phi) is 4.25. The van der Waals surface area contributed by atoms with E-state index in [0.29, 0.717) is 0 Å². The van der Waals surface area contributed by atoms with Gasteiger partial charge in [0.05, 0.1) is 0 Å². The molecule has 0 saturated carbocycles. The summed E-state index contributed by atoms with van der Waals surface area (Å²) in [7, 11) is 0. The summed E-state index contributed by atoms with van der Waals surface area (Å²) in [5, 5.41) is 0. The average Bonchev–Trinajstić information content (AvgIpc) is 2.18. The molecule has 0 spiro atoms. The van der Waals surface area contributed by atoms with Gasteiger partial charge in [-0.2, -0.15) is 0 Å². The number of hydrogen-bond acceptors (Lipinski definition) is 3. The van der Waals surface area contributed by atoms with Crippen LogP contribution in [0.2, 0.25) is 0 Å². The van der Waals surface area contributed by atoms with Crippen molar-refractivity contribution in [2.24, 2.45) is 5.73 Å². The maximum Gasteiger partial charge on any atom is 0.248 e. The predicted octanol–water partition coefficient (Wildman–Crippen LogP) is 2.17. The molecule has 0 aliphatic rings. The van der Waals surface area contributed by atoms with Gasteiger partial charge in [-0.3, -0.25) is 4.79 Å². The largest absolute Gasteiger partial charge is 0.457 e. The molecule has 2 unspecified atom stereocenters. The van der Waals surface area contributed by atoms with Crippen LogP contribution in [0.1, 0.15) is 24.2 Å². The molecule has 4 nitrogen and oxygen atoms in total. The van der Waals surface area contributed by atoms with Crippen LogP contribution in [0.5, 0.6) is 11.5 Å². The molecule has 0 aliphatic carbocycles. The van der Waals surface area contributed by atoms with E-state index in [1.54, 1.807) is 0 Å². The molecule has 2 atom stereocenters. The first kappa shape index (κ1) is 13.2. The molecule has 0 aromatic heterocycles. The van der Waals surface area contributed by atoms with E-state index in [9.17, 15) is 13.6 Å². The number of primary amides is 1. The van der Waals surface area contributed by atoms with E-state index in [1.807, 2.05) is 0 Å². The minimum absolute atomic E-state index is 0.00880. The SMILES string of the molecule is CC(F)Oc1ccc(C(N)=O)cc1OC(C)F. The Morgan fingerprint density at radius 3 is 2.18 bits per heavy atom. The lowest BCUT2D eigenvalue weighted by atomic mass is 10.2. The van der Waals surface area contributed by atoms with Gasteiger partial charge in [0, 0.05) is 19.4 Å². The van der Waals surface area contributed by atoms with Gasteiger partial charge in [0.2, 0.25) is 18.6 Å². The molecule has 0 bridgehead atoms. The minimum atomic E-state index is -1.62. The number of carbonyl (C=O) groups is 1. The first-order chi connectivity index (χ1) is 7.90. The number of hydrogen-bond donors (Lipinski definition) is 1. The van der Waals surface area contributed by atoms with Gasteiger partial charge in [-0.25, -0.2) is 8.78 Å². The third-order valence-corrected chi connectivity index (χ3v) is 1.81. The summed E-state index contributed by atoms with van der Waals surface area (Å²) in [5.74, 6) is -0.753. The van der Waals surface area contributed by atoms with Gasteiger partial charge >= 0.3 is 0 Å². The van der Waals surface area contributed by atoms with Crippen molar-refractivity contribution < 1.29 is 23.0 Å². The summed E-state index contributed by atoms with van der Waals surface area (Å²) in [6.45, 7) is 2.32. The smallest absolute Gasteiger partial charge is 0.248 e. The van der Waals surface area contributed by atoms with Crippen molar-refractivity contribution in [2.75, 3.05) is 0 Å². The highest BCUT2D eigenvalue weighted by atomic mass is 19.1. The molecular weight excluding hydrogens is 232 g/mol. The van der Waals surface area contributed by atoms with Crippen LogP contribution in [0.4, 0.5) is 8.78 Å². The first-order valence-corrected chi connectivity index (χ1v) is 4.95. The maximum absolute atomic E-state index is 12.7. The summed E-state index contributed by atoms with van der Waals surface area (Å²) in [6, 6.07) is 3.85. The van der Waals surface area contributed by atoms with Crippen molar-refractivity contribution in [1.29, 1.82) is 0 Å². The number of carbonyl (C=O) groups excluding carboxylic acids is 1. The topological polar surface area (TPSA) is 61.5 Å². The molecule has 1 aromatic rings. The molecule has 17 heavy (non-hydrogen) atoms. The van der Waals surface area contributed by atoms with Gasteiger partial charge < -0.3 is 15.2 Å². The van der Waals surface area contributed by atoms with Gasteiger partial charge in [0.15, 0.2) is 11.5 Å². The number of rotatable bonds is 5. The van der Waals surface area contributed by atoms with E-state index < -0.39 is 18.6 Å². The van der Waals surface area contributed by atoms with Crippen LogP contribution in [-0.2, 0) is 0 Å². The lowest BCUT2D eigenvalue weighted by Gasteiger charge is -2.14. The highest BCUT2D eigenvalue weighted by Gasteiger charge is 2.13. The van der Waals surface area contributed by atoms with Crippen molar-refractivity contribution in [3.63, 3.8) is 0 Å². The molecule has 0 saturated heterocycles. The van der Waals surface area contributed by atoms with Crippen molar-refractivity contribution in [3.8, 4) is 11.5 Å². The van der Waals surface area contributed by atoms with Crippen LogP contribution < -0.4 is 15.2 Å². The molecule has 1 rings (SSSR count). The molecule has 0 heterocycles. The molecule has 2 N–H and O–H groups in total. The number of ether oxygens (including phenoxy) is 2.